The van der Waals surface area contributed by atoms with Crippen molar-refractivity contribution in [1.29, 1.82) is 0 Å². The van der Waals surface area contributed by atoms with E-state index in [4.69, 9.17) is 0 Å². The lowest BCUT2D eigenvalue weighted by Crippen LogP contribution is -2.47. The molecular weight excluding hydrogens is 316 g/mol. The van der Waals surface area contributed by atoms with Gasteiger partial charge in [0, 0.05) is 31.4 Å². The highest BCUT2D eigenvalue weighted by Crippen LogP contribution is 2.38. The molecule has 2 aliphatic rings. The number of likely N-dealkylation sites (tertiary alicyclic amines) is 2. The van der Waals surface area contributed by atoms with E-state index in [-0.39, 0.29) is 11.8 Å². The SMILES string of the molecule is CC(=O)Nc1ccc(NC(=O)CN2CCCC3(CCN(C)C3)C2)cc1. The molecule has 2 aliphatic heterocycles. The molecule has 0 bridgehead atoms. The molecule has 0 radical (unpaired) electrons. The van der Waals surface area contributed by atoms with Crippen molar-refractivity contribution < 1.29 is 9.59 Å². The number of anilines is 2. The molecule has 1 atom stereocenters. The van der Waals surface area contributed by atoms with Crippen LogP contribution in [-0.2, 0) is 9.59 Å². The molecule has 2 saturated heterocycles. The molecule has 2 fully saturated rings. The second kappa shape index (κ2) is 7.54. The van der Waals surface area contributed by atoms with E-state index in [1.54, 1.807) is 12.1 Å². The third-order valence-electron chi connectivity index (χ3n) is 5.23. The molecule has 6 nitrogen and oxygen atoms in total. The number of hydrogen-bond acceptors (Lipinski definition) is 4. The van der Waals surface area contributed by atoms with Gasteiger partial charge in [-0.3, -0.25) is 14.5 Å². The molecule has 2 N–H and O–H groups in total. The first-order chi connectivity index (χ1) is 11.9. The predicted octanol–water partition coefficient (Wildman–Crippen LogP) is 2.00. The molecular formula is C19H28N4O2. The summed E-state index contributed by atoms with van der Waals surface area (Å²) in [7, 11) is 2.19. The molecule has 1 unspecified atom stereocenters. The number of nitrogens with one attached hydrogen (secondary N) is 2. The number of benzene rings is 1. The molecule has 0 aromatic heterocycles. The summed E-state index contributed by atoms with van der Waals surface area (Å²) in [5.41, 5.74) is 1.87. The average molecular weight is 344 g/mol. The maximum atomic E-state index is 12.4. The van der Waals surface area contributed by atoms with Crippen LogP contribution in [0.3, 0.4) is 0 Å². The van der Waals surface area contributed by atoms with E-state index < -0.39 is 0 Å². The summed E-state index contributed by atoms with van der Waals surface area (Å²) in [4.78, 5) is 28.1. The molecule has 1 aromatic carbocycles. The predicted molar refractivity (Wildman–Crippen MR) is 99.6 cm³/mol. The summed E-state index contributed by atoms with van der Waals surface area (Å²) in [6.07, 6.45) is 3.69. The minimum atomic E-state index is -0.103. The summed E-state index contributed by atoms with van der Waals surface area (Å²) in [6, 6.07) is 7.21. The minimum absolute atomic E-state index is 0.0238. The van der Waals surface area contributed by atoms with Gasteiger partial charge in [-0.25, -0.2) is 0 Å². The van der Waals surface area contributed by atoms with Gasteiger partial charge in [0.05, 0.1) is 6.54 Å². The summed E-state index contributed by atoms with van der Waals surface area (Å²) in [5, 5.41) is 5.67. The second-order valence-corrected chi connectivity index (χ2v) is 7.61. The average Bonchev–Trinajstić information content (AvgIpc) is 2.89. The molecule has 2 amide bonds. The van der Waals surface area contributed by atoms with Gasteiger partial charge in [0.25, 0.3) is 0 Å². The zero-order valence-corrected chi connectivity index (χ0v) is 15.2. The Morgan fingerprint density at radius 1 is 1.04 bits per heavy atom. The van der Waals surface area contributed by atoms with E-state index in [2.05, 4.69) is 27.5 Å². The van der Waals surface area contributed by atoms with Gasteiger partial charge in [0.15, 0.2) is 0 Å². The van der Waals surface area contributed by atoms with Crippen LogP contribution in [0.5, 0.6) is 0 Å². The highest BCUT2D eigenvalue weighted by Gasteiger charge is 2.40. The number of nitrogens with zero attached hydrogens (tertiary/aromatic N) is 2. The van der Waals surface area contributed by atoms with Crippen LogP contribution in [0.15, 0.2) is 24.3 Å². The Hall–Kier alpha value is -1.92. The fourth-order valence-corrected chi connectivity index (χ4v) is 4.18. The Balaban J connectivity index is 1.51. The summed E-state index contributed by atoms with van der Waals surface area (Å²) >= 11 is 0. The van der Waals surface area contributed by atoms with Crippen LogP contribution in [0.1, 0.15) is 26.2 Å². The van der Waals surface area contributed by atoms with Gasteiger partial charge in [-0.1, -0.05) is 0 Å². The van der Waals surface area contributed by atoms with Crippen molar-refractivity contribution in [3.8, 4) is 0 Å². The van der Waals surface area contributed by atoms with Crippen LogP contribution >= 0.6 is 0 Å². The smallest absolute Gasteiger partial charge is 0.238 e. The Morgan fingerprint density at radius 3 is 2.32 bits per heavy atom. The molecule has 1 aromatic rings. The van der Waals surface area contributed by atoms with Crippen LogP contribution in [-0.4, -0.2) is 61.4 Å². The summed E-state index contributed by atoms with van der Waals surface area (Å²) in [5.74, 6) is -0.0796. The van der Waals surface area contributed by atoms with Crippen LogP contribution in [0.25, 0.3) is 0 Å². The van der Waals surface area contributed by atoms with Crippen LogP contribution in [0.2, 0.25) is 0 Å². The number of carbonyl (C=O) groups is 2. The van der Waals surface area contributed by atoms with Gasteiger partial charge >= 0.3 is 0 Å². The van der Waals surface area contributed by atoms with Gasteiger partial charge in [-0.15, -0.1) is 0 Å². The van der Waals surface area contributed by atoms with Gasteiger partial charge < -0.3 is 15.5 Å². The van der Waals surface area contributed by atoms with Crippen LogP contribution in [0.4, 0.5) is 11.4 Å². The lowest BCUT2D eigenvalue weighted by atomic mass is 9.79. The first-order valence-electron chi connectivity index (χ1n) is 9.03. The summed E-state index contributed by atoms with van der Waals surface area (Å²) < 4.78 is 0. The van der Waals surface area contributed by atoms with Crippen molar-refractivity contribution in [2.24, 2.45) is 5.41 Å². The molecule has 25 heavy (non-hydrogen) atoms. The van der Waals surface area contributed by atoms with Crippen molar-refractivity contribution in [2.45, 2.75) is 26.2 Å². The van der Waals surface area contributed by atoms with Crippen LogP contribution in [0, 0.1) is 5.41 Å². The van der Waals surface area contributed by atoms with Crippen molar-refractivity contribution in [3.63, 3.8) is 0 Å². The lowest BCUT2D eigenvalue weighted by Gasteiger charge is -2.40. The number of amides is 2. The van der Waals surface area contributed by atoms with E-state index in [1.165, 1.54) is 32.7 Å². The van der Waals surface area contributed by atoms with Gasteiger partial charge in [0.1, 0.15) is 0 Å². The molecule has 136 valence electrons. The Bertz CT molecular complexity index is 627. The standard InChI is InChI=1S/C19H28N4O2/c1-15(24)20-16-4-6-17(7-5-16)21-18(25)12-23-10-3-8-19(14-23)9-11-22(2)13-19/h4-7H,3,8-14H2,1-2H3,(H,20,24)(H,21,25). The zero-order valence-electron chi connectivity index (χ0n) is 15.2. The quantitative estimate of drug-likeness (QED) is 0.877. The Kier molecular flexibility index (Phi) is 5.39. The highest BCUT2D eigenvalue weighted by atomic mass is 16.2. The van der Waals surface area contributed by atoms with E-state index in [0.717, 1.165) is 31.0 Å². The molecule has 3 rings (SSSR count). The number of hydrogen-bond donors (Lipinski definition) is 2. The molecule has 0 saturated carbocycles. The topological polar surface area (TPSA) is 64.7 Å². The van der Waals surface area contributed by atoms with Gasteiger partial charge in [-0.05, 0) is 69.1 Å². The van der Waals surface area contributed by atoms with E-state index in [0.29, 0.717) is 12.0 Å². The monoisotopic (exact) mass is 344 g/mol. The largest absolute Gasteiger partial charge is 0.326 e. The van der Waals surface area contributed by atoms with Crippen molar-refractivity contribution in [3.05, 3.63) is 24.3 Å². The first kappa shape index (κ1) is 17.9. The fraction of sp³-hybridized carbons (Fsp3) is 0.579. The first-order valence-corrected chi connectivity index (χ1v) is 9.03. The third kappa shape index (κ3) is 4.80. The molecule has 2 heterocycles. The number of rotatable bonds is 4. The van der Waals surface area contributed by atoms with Crippen molar-refractivity contribution in [1.82, 2.24) is 9.80 Å². The zero-order chi connectivity index (χ0) is 17.9. The minimum Gasteiger partial charge on any atom is -0.326 e. The van der Waals surface area contributed by atoms with Gasteiger partial charge in [-0.2, -0.15) is 0 Å². The van der Waals surface area contributed by atoms with Crippen molar-refractivity contribution in [2.75, 3.05) is 50.4 Å². The Labute approximate surface area is 149 Å². The molecule has 6 heteroatoms. The second-order valence-electron chi connectivity index (χ2n) is 7.61. The third-order valence-corrected chi connectivity index (χ3v) is 5.23. The highest BCUT2D eigenvalue weighted by molar-refractivity contribution is 5.93. The van der Waals surface area contributed by atoms with E-state index in [9.17, 15) is 9.59 Å². The van der Waals surface area contributed by atoms with Crippen LogP contribution < -0.4 is 10.6 Å². The molecule has 0 aliphatic carbocycles. The van der Waals surface area contributed by atoms with E-state index in [1.807, 2.05) is 12.1 Å². The molecule has 1 spiro atoms. The maximum absolute atomic E-state index is 12.4. The maximum Gasteiger partial charge on any atom is 0.238 e. The fourth-order valence-electron chi connectivity index (χ4n) is 4.18. The normalized spacial score (nSPS) is 24.4. The number of piperidine rings is 1. The van der Waals surface area contributed by atoms with E-state index >= 15 is 0 Å². The Morgan fingerprint density at radius 2 is 1.72 bits per heavy atom. The van der Waals surface area contributed by atoms with Crippen molar-refractivity contribution >= 4 is 23.2 Å². The number of carbonyl (C=O) groups excluding carboxylic acids is 2. The summed E-state index contributed by atoms with van der Waals surface area (Å²) in [6.45, 7) is 6.26. The lowest BCUT2D eigenvalue weighted by molar-refractivity contribution is -0.118. The van der Waals surface area contributed by atoms with Gasteiger partial charge in [0.2, 0.25) is 11.8 Å².